The molecule has 0 fully saturated rings. The number of carbonyl (C=O) groups excluding carboxylic acids is 2. The minimum absolute atomic E-state index is 0.207. The summed E-state index contributed by atoms with van der Waals surface area (Å²) < 4.78 is 0. The summed E-state index contributed by atoms with van der Waals surface area (Å²) in [6.07, 6.45) is 3.03. The lowest BCUT2D eigenvalue weighted by Gasteiger charge is -2.01. The van der Waals surface area contributed by atoms with Crippen LogP contribution >= 0.6 is 0 Å². The van der Waals surface area contributed by atoms with Gasteiger partial charge in [-0.2, -0.15) is 0 Å². The summed E-state index contributed by atoms with van der Waals surface area (Å²) in [6.45, 7) is 1.74. The summed E-state index contributed by atoms with van der Waals surface area (Å²) in [7, 11) is 0. The molecule has 0 aromatic heterocycles. The zero-order valence-electron chi connectivity index (χ0n) is 7.86. The van der Waals surface area contributed by atoms with Crippen molar-refractivity contribution in [3.8, 4) is 0 Å². The number of nitrogens with two attached hydrogens (primary N) is 1. The Morgan fingerprint density at radius 3 is 2.29 bits per heavy atom. The molecule has 0 spiro atoms. The highest BCUT2D eigenvalue weighted by Crippen LogP contribution is 2.09. The Balaban J connectivity index is 3.20. The van der Waals surface area contributed by atoms with Crippen molar-refractivity contribution in [1.82, 2.24) is 0 Å². The van der Waals surface area contributed by atoms with Crippen LogP contribution in [0.1, 0.15) is 27.6 Å². The first-order valence-corrected chi connectivity index (χ1v) is 4.22. The van der Waals surface area contributed by atoms with Crippen LogP contribution in [0.5, 0.6) is 0 Å². The van der Waals surface area contributed by atoms with E-state index in [-0.39, 0.29) is 11.3 Å². The van der Waals surface area contributed by atoms with E-state index in [9.17, 15) is 9.59 Å². The van der Waals surface area contributed by atoms with Crippen molar-refractivity contribution >= 4 is 11.7 Å². The van der Waals surface area contributed by atoms with E-state index in [4.69, 9.17) is 5.73 Å². The summed E-state index contributed by atoms with van der Waals surface area (Å²) in [5, 5.41) is 0. The number of amides is 1. The quantitative estimate of drug-likeness (QED) is 0.579. The van der Waals surface area contributed by atoms with Gasteiger partial charge in [-0.1, -0.05) is 24.3 Å². The SMILES string of the molecule is C/C=C/C(=O)c1ccccc1C(N)=O. The average Bonchev–Trinajstić information content (AvgIpc) is 2.18. The fourth-order valence-electron chi connectivity index (χ4n) is 1.15. The summed E-state index contributed by atoms with van der Waals surface area (Å²) >= 11 is 0. The summed E-state index contributed by atoms with van der Waals surface area (Å²) in [5.41, 5.74) is 5.74. The molecule has 14 heavy (non-hydrogen) atoms. The fraction of sp³-hybridized carbons (Fsp3) is 0.0909. The van der Waals surface area contributed by atoms with E-state index in [1.165, 1.54) is 6.08 Å². The highest BCUT2D eigenvalue weighted by atomic mass is 16.1. The van der Waals surface area contributed by atoms with Crippen LogP contribution in [0.4, 0.5) is 0 Å². The largest absolute Gasteiger partial charge is 0.366 e. The van der Waals surface area contributed by atoms with Crippen LogP contribution in [0.3, 0.4) is 0 Å². The van der Waals surface area contributed by atoms with Crippen LogP contribution in [-0.2, 0) is 0 Å². The number of carbonyl (C=O) groups is 2. The predicted octanol–water partition coefficient (Wildman–Crippen LogP) is 1.54. The molecule has 0 radical (unpaired) electrons. The van der Waals surface area contributed by atoms with E-state index in [0.29, 0.717) is 5.56 Å². The maximum absolute atomic E-state index is 11.5. The minimum Gasteiger partial charge on any atom is -0.366 e. The van der Waals surface area contributed by atoms with Crippen LogP contribution < -0.4 is 5.73 Å². The molecule has 1 rings (SSSR count). The number of primary amides is 1. The Kier molecular flexibility index (Phi) is 3.18. The van der Waals surface area contributed by atoms with Crippen LogP contribution in [0.25, 0.3) is 0 Å². The Morgan fingerprint density at radius 2 is 1.79 bits per heavy atom. The molecule has 0 atom stereocenters. The molecule has 3 nitrogen and oxygen atoms in total. The molecular weight excluding hydrogens is 178 g/mol. The number of hydrogen-bond acceptors (Lipinski definition) is 2. The molecule has 0 heterocycles. The van der Waals surface area contributed by atoms with Gasteiger partial charge in [0.1, 0.15) is 0 Å². The van der Waals surface area contributed by atoms with Crippen molar-refractivity contribution < 1.29 is 9.59 Å². The zero-order valence-corrected chi connectivity index (χ0v) is 7.86. The Morgan fingerprint density at radius 1 is 1.21 bits per heavy atom. The number of benzene rings is 1. The molecule has 0 unspecified atom stereocenters. The molecule has 0 aliphatic carbocycles. The first-order chi connectivity index (χ1) is 6.66. The third kappa shape index (κ3) is 2.07. The summed E-state index contributed by atoms with van der Waals surface area (Å²) in [5.74, 6) is -0.791. The molecule has 2 N–H and O–H groups in total. The Bertz CT molecular complexity index is 394. The third-order valence-electron chi connectivity index (χ3n) is 1.78. The van der Waals surface area contributed by atoms with Gasteiger partial charge in [0.15, 0.2) is 5.78 Å². The zero-order chi connectivity index (χ0) is 10.6. The molecule has 3 heteroatoms. The van der Waals surface area contributed by atoms with Gasteiger partial charge in [0.2, 0.25) is 5.91 Å². The molecule has 0 saturated carbocycles. The first kappa shape index (κ1) is 10.2. The van der Waals surface area contributed by atoms with E-state index in [2.05, 4.69) is 0 Å². The van der Waals surface area contributed by atoms with Crippen molar-refractivity contribution in [3.63, 3.8) is 0 Å². The standard InChI is InChI=1S/C11H11NO2/c1-2-5-10(13)8-6-3-4-7-9(8)11(12)14/h2-7H,1H3,(H2,12,14)/b5-2+. The van der Waals surface area contributed by atoms with E-state index < -0.39 is 5.91 Å². The van der Waals surface area contributed by atoms with Gasteiger partial charge in [-0.25, -0.2) is 0 Å². The summed E-state index contributed by atoms with van der Waals surface area (Å²) in [4.78, 5) is 22.5. The van der Waals surface area contributed by atoms with Crippen molar-refractivity contribution in [1.29, 1.82) is 0 Å². The first-order valence-electron chi connectivity index (χ1n) is 4.22. The number of ketones is 1. The minimum atomic E-state index is -0.585. The molecule has 0 bridgehead atoms. The van der Waals surface area contributed by atoms with Gasteiger partial charge in [0.25, 0.3) is 0 Å². The maximum atomic E-state index is 11.5. The van der Waals surface area contributed by atoms with Gasteiger partial charge in [-0.05, 0) is 19.1 Å². The van der Waals surface area contributed by atoms with Crippen molar-refractivity contribution in [2.75, 3.05) is 0 Å². The van der Waals surface area contributed by atoms with Crippen LogP contribution in [0, 0.1) is 0 Å². The van der Waals surface area contributed by atoms with Crippen molar-refractivity contribution in [3.05, 3.63) is 47.5 Å². The molecule has 0 aliphatic rings. The van der Waals surface area contributed by atoms with Crippen molar-refractivity contribution in [2.45, 2.75) is 6.92 Å². The second kappa shape index (κ2) is 4.37. The molecule has 72 valence electrons. The number of rotatable bonds is 3. The lowest BCUT2D eigenvalue weighted by molar-refractivity contribution is 0.0983. The predicted molar refractivity (Wildman–Crippen MR) is 54.1 cm³/mol. The third-order valence-corrected chi connectivity index (χ3v) is 1.78. The monoisotopic (exact) mass is 189 g/mol. The average molecular weight is 189 g/mol. The van der Waals surface area contributed by atoms with E-state index in [1.807, 2.05) is 0 Å². The highest BCUT2D eigenvalue weighted by Gasteiger charge is 2.11. The number of hydrogen-bond donors (Lipinski definition) is 1. The van der Waals surface area contributed by atoms with Crippen LogP contribution in [0.2, 0.25) is 0 Å². The highest BCUT2D eigenvalue weighted by molar-refractivity contribution is 6.12. The van der Waals surface area contributed by atoms with Crippen LogP contribution in [-0.4, -0.2) is 11.7 Å². The second-order valence-corrected chi connectivity index (χ2v) is 2.77. The van der Waals surface area contributed by atoms with E-state index in [1.54, 1.807) is 37.3 Å². The van der Waals surface area contributed by atoms with Crippen molar-refractivity contribution in [2.24, 2.45) is 5.73 Å². The van der Waals surface area contributed by atoms with Gasteiger partial charge in [0.05, 0.1) is 5.56 Å². The summed E-state index contributed by atoms with van der Waals surface area (Å²) in [6, 6.07) is 6.50. The molecular formula is C11H11NO2. The Labute approximate surface area is 82.2 Å². The topological polar surface area (TPSA) is 60.2 Å². The molecule has 0 aliphatic heterocycles. The van der Waals surface area contributed by atoms with Gasteiger partial charge in [0, 0.05) is 5.56 Å². The normalized spacial score (nSPS) is 10.4. The van der Waals surface area contributed by atoms with Gasteiger partial charge >= 0.3 is 0 Å². The van der Waals surface area contributed by atoms with E-state index >= 15 is 0 Å². The lowest BCUT2D eigenvalue weighted by atomic mass is 10.0. The van der Waals surface area contributed by atoms with E-state index in [0.717, 1.165) is 0 Å². The van der Waals surface area contributed by atoms with Crippen LogP contribution in [0.15, 0.2) is 36.4 Å². The van der Waals surface area contributed by atoms with Gasteiger partial charge < -0.3 is 5.73 Å². The second-order valence-electron chi connectivity index (χ2n) is 2.77. The molecule has 0 saturated heterocycles. The lowest BCUT2D eigenvalue weighted by Crippen LogP contribution is -2.15. The smallest absolute Gasteiger partial charge is 0.249 e. The Hall–Kier alpha value is -1.90. The maximum Gasteiger partial charge on any atom is 0.249 e. The van der Waals surface area contributed by atoms with Gasteiger partial charge in [-0.3, -0.25) is 9.59 Å². The number of allylic oxidation sites excluding steroid dienone is 2. The molecule has 1 aromatic carbocycles. The fourth-order valence-corrected chi connectivity index (χ4v) is 1.15. The molecule has 1 aromatic rings. The van der Waals surface area contributed by atoms with Gasteiger partial charge in [-0.15, -0.1) is 0 Å². The molecule has 1 amide bonds.